The van der Waals surface area contributed by atoms with Crippen LogP contribution in [0.1, 0.15) is 35.7 Å². The lowest BCUT2D eigenvalue weighted by Gasteiger charge is -2.37. The van der Waals surface area contributed by atoms with E-state index < -0.39 is 37.7 Å². The largest absolute Gasteiger partial charge is 0.416 e. The topological polar surface area (TPSA) is 103 Å². The van der Waals surface area contributed by atoms with Crippen molar-refractivity contribution in [2.45, 2.75) is 36.5 Å². The lowest BCUT2D eigenvalue weighted by Crippen LogP contribution is -2.45. The highest BCUT2D eigenvalue weighted by molar-refractivity contribution is 7.89. The number of nitrogens with zero attached hydrogens (tertiary/aromatic N) is 6. The van der Waals surface area contributed by atoms with Gasteiger partial charge in [0.15, 0.2) is 0 Å². The Morgan fingerprint density at radius 3 is 2.61 bits per heavy atom. The fourth-order valence-electron chi connectivity index (χ4n) is 5.36. The van der Waals surface area contributed by atoms with Gasteiger partial charge in [-0.05, 0) is 48.9 Å². The average Bonchev–Trinajstić information content (AvgIpc) is 3.29. The van der Waals surface area contributed by atoms with Gasteiger partial charge in [-0.25, -0.2) is 13.4 Å². The number of anilines is 1. The van der Waals surface area contributed by atoms with Crippen molar-refractivity contribution >= 4 is 33.3 Å². The summed E-state index contributed by atoms with van der Waals surface area (Å²) in [5, 5.41) is 8.91. The third kappa shape index (κ3) is 5.77. The molecular formula is C27H26ClF3N6O3S. The second kappa shape index (κ2) is 11.3. The van der Waals surface area contributed by atoms with E-state index in [4.69, 9.17) is 11.6 Å². The van der Waals surface area contributed by atoms with Crippen LogP contribution in [0.3, 0.4) is 0 Å². The molecule has 1 saturated heterocycles. The summed E-state index contributed by atoms with van der Waals surface area (Å²) in [6.07, 6.45) is -0.806. The van der Waals surface area contributed by atoms with Gasteiger partial charge in [0.05, 0.1) is 22.2 Å². The van der Waals surface area contributed by atoms with Crippen molar-refractivity contribution in [2.24, 2.45) is 0 Å². The molecule has 1 amide bonds. The number of fused-ring (bicyclic) bond motifs is 1. The lowest BCUT2D eigenvalue weighted by atomic mass is 10.1. The third-order valence-corrected chi connectivity index (χ3v) is 9.78. The summed E-state index contributed by atoms with van der Waals surface area (Å²) in [6, 6.07) is 10.3. The first-order valence-corrected chi connectivity index (χ1v) is 14.7. The second-order valence-electron chi connectivity index (χ2n) is 9.81. The summed E-state index contributed by atoms with van der Waals surface area (Å²) in [5.74, 6) is 0.298. The Hall–Kier alpha value is -3.60. The summed E-state index contributed by atoms with van der Waals surface area (Å²) < 4.78 is 70.1. The van der Waals surface area contributed by atoms with Gasteiger partial charge in [-0.1, -0.05) is 11.6 Å². The summed E-state index contributed by atoms with van der Waals surface area (Å²) in [4.78, 5) is 21.1. The first-order chi connectivity index (χ1) is 19.5. The molecule has 14 heteroatoms. The Labute approximate surface area is 240 Å². The van der Waals surface area contributed by atoms with Crippen molar-refractivity contribution in [1.29, 1.82) is 5.26 Å². The molecule has 0 bridgehead atoms. The smallest absolute Gasteiger partial charge is 0.354 e. The Bertz CT molecular complexity index is 1600. The first kappa shape index (κ1) is 28.9. The number of hydrogen-bond donors (Lipinski definition) is 0. The maximum Gasteiger partial charge on any atom is 0.416 e. The van der Waals surface area contributed by atoms with E-state index >= 15 is 0 Å². The van der Waals surface area contributed by atoms with Crippen LogP contribution in [-0.4, -0.2) is 65.8 Å². The zero-order valence-electron chi connectivity index (χ0n) is 21.8. The highest BCUT2D eigenvalue weighted by Crippen LogP contribution is 2.38. The lowest BCUT2D eigenvalue weighted by molar-refractivity contribution is -0.137. The first-order valence-electron chi connectivity index (χ1n) is 12.9. The Kier molecular flexibility index (Phi) is 8.00. The SMILES string of the molecule is N#Cc1cccnc1N1CCCN(C(=O)CC2c3cccn3CCN2S(=O)(=O)c2ccc(C(F)(F)F)cc2Cl)CC1. The molecule has 0 aliphatic carbocycles. The standard InChI is InChI=1S/C27H26ClF3N6O3S/c28-21-16-20(27(29,30)31)6-7-24(21)41(39,40)37-15-14-34-9-2-5-22(34)23(37)17-25(38)35-10-3-11-36(13-12-35)26-19(18-32)4-1-8-33-26/h1-2,4-9,16,23H,3,10-15,17H2. The zero-order valence-corrected chi connectivity index (χ0v) is 23.3. The van der Waals surface area contributed by atoms with Crippen molar-refractivity contribution in [1.82, 2.24) is 18.8 Å². The number of rotatable bonds is 5. The number of alkyl halides is 3. The van der Waals surface area contributed by atoms with Crippen LogP contribution in [0.25, 0.3) is 0 Å². The van der Waals surface area contributed by atoms with Gasteiger partial charge in [0.25, 0.3) is 0 Å². The van der Waals surface area contributed by atoms with Crippen LogP contribution in [0.2, 0.25) is 5.02 Å². The predicted molar refractivity (Wildman–Crippen MR) is 144 cm³/mol. The van der Waals surface area contributed by atoms with Crippen molar-refractivity contribution < 1.29 is 26.4 Å². The molecule has 2 aromatic heterocycles. The molecule has 0 N–H and O–H groups in total. The van der Waals surface area contributed by atoms with Crippen LogP contribution in [0.4, 0.5) is 19.0 Å². The highest BCUT2D eigenvalue weighted by Gasteiger charge is 2.40. The molecule has 1 unspecified atom stereocenters. The van der Waals surface area contributed by atoms with E-state index in [9.17, 15) is 31.6 Å². The highest BCUT2D eigenvalue weighted by atomic mass is 35.5. The minimum Gasteiger partial charge on any atom is -0.354 e. The van der Waals surface area contributed by atoms with Gasteiger partial charge >= 0.3 is 6.18 Å². The third-order valence-electron chi connectivity index (χ3n) is 7.38. The van der Waals surface area contributed by atoms with Gasteiger partial charge in [-0.15, -0.1) is 0 Å². The fourth-order valence-corrected chi connectivity index (χ4v) is 7.47. The fraction of sp³-hybridized carbons (Fsp3) is 0.370. The van der Waals surface area contributed by atoms with Gasteiger partial charge in [0.2, 0.25) is 15.9 Å². The number of amides is 1. The van der Waals surface area contributed by atoms with E-state index in [1.54, 1.807) is 41.6 Å². The number of carbonyl (C=O) groups is 1. The Morgan fingerprint density at radius 1 is 1.07 bits per heavy atom. The average molecular weight is 607 g/mol. The second-order valence-corrected chi connectivity index (χ2v) is 12.1. The van der Waals surface area contributed by atoms with Crippen LogP contribution >= 0.6 is 11.6 Å². The van der Waals surface area contributed by atoms with E-state index in [2.05, 4.69) is 11.1 Å². The van der Waals surface area contributed by atoms with Crippen molar-refractivity contribution in [3.8, 4) is 6.07 Å². The maximum atomic E-state index is 13.8. The molecular weight excluding hydrogens is 581 g/mol. The molecule has 0 saturated carbocycles. The molecule has 2 aliphatic heterocycles. The van der Waals surface area contributed by atoms with E-state index in [1.807, 2.05) is 9.47 Å². The van der Waals surface area contributed by atoms with E-state index in [0.29, 0.717) is 68.4 Å². The van der Waals surface area contributed by atoms with Gasteiger partial charge in [0, 0.05) is 63.8 Å². The monoisotopic (exact) mass is 606 g/mol. The maximum absolute atomic E-state index is 13.8. The van der Waals surface area contributed by atoms with Gasteiger partial charge < -0.3 is 14.4 Å². The number of hydrogen-bond acceptors (Lipinski definition) is 6. The van der Waals surface area contributed by atoms with Gasteiger partial charge in [-0.2, -0.15) is 22.7 Å². The van der Waals surface area contributed by atoms with Crippen molar-refractivity contribution in [3.63, 3.8) is 0 Å². The molecule has 2 aliphatic rings. The number of sulfonamides is 1. The molecule has 0 spiro atoms. The molecule has 216 valence electrons. The van der Waals surface area contributed by atoms with Gasteiger partial charge in [-0.3, -0.25) is 4.79 Å². The molecule has 1 atom stereocenters. The number of pyridine rings is 1. The van der Waals surface area contributed by atoms with Crippen LogP contribution in [0, 0.1) is 11.3 Å². The molecule has 3 aromatic rings. The van der Waals surface area contributed by atoms with E-state index in [1.165, 1.54) is 0 Å². The minimum absolute atomic E-state index is 0.0176. The molecule has 1 fully saturated rings. The summed E-state index contributed by atoms with van der Waals surface area (Å²) in [5.41, 5.74) is 0.00123. The number of benzene rings is 1. The van der Waals surface area contributed by atoms with Crippen LogP contribution in [0.5, 0.6) is 0 Å². The molecule has 9 nitrogen and oxygen atoms in total. The van der Waals surface area contributed by atoms with Crippen LogP contribution in [-0.2, 0) is 27.5 Å². The van der Waals surface area contributed by atoms with E-state index in [-0.39, 0.29) is 18.9 Å². The van der Waals surface area contributed by atoms with Crippen LogP contribution < -0.4 is 4.90 Å². The predicted octanol–water partition coefficient (Wildman–Crippen LogP) is 4.30. The molecule has 41 heavy (non-hydrogen) atoms. The quantitative estimate of drug-likeness (QED) is 0.429. The molecule has 5 rings (SSSR count). The summed E-state index contributed by atoms with van der Waals surface area (Å²) >= 11 is 6.08. The Morgan fingerprint density at radius 2 is 1.88 bits per heavy atom. The molecule has 4 heterocycles. The van der Waals surface area contributed by atoms with E-state index in [0.717, 1.165) is 10.4 Å². The van der Waals surface area contributed by atoms with Gasteiger partial charge in [0.1, 0.15) is 16.8 Å². The normalized spacial score (nSPS) is 18.5. The minimum atomic E-state index is -4.68. The number of nitriles is 1. The summed E-state index contributed by atoms with van der Waals surface area (Å²) in [6.45, 7) is 2.16. The number of halogens is 4. The van der Waals surface area contributed by atoms with Crippen molar-refractivity contribution in [3.05, 3.63) is 76.7 Å². The molecule has 0 radical (unpaired) electrons. The molecule has 1 aromatic carbocycles. The Balaban J connectivity index is 1.38. The summed E-state index contributed by atoms with van der Waals surface area (Å²) in [7, 11) is -4.36. The zero-order chi connectivity index (χ0) is 29.4. The number of aromatic nitrogens is 2. The number of carbonyl (C=O) groups excluding carboxylic acids is 1. The van der Waals surface area contributed by atoms with Crippen LogP contribution in [0.15, 0.2) is 59.8 Å². The van der Waals surface area contributed by atoms with Crippen molar-refractivity contribution in [2.75, 3.05) is 37.6 Å².